The van der Waals surface area contributed by atoms with E-state index in [0.29, 0.717) is 39.3 Å². The summed E-state index contributed by atoms with van der Waals surface area (Å²) in [7, 11) is 0. The molecule has 1 atom stereocenters. The molecular weight excluding hydrogens is 384 g/mol. The summed E-state index contributed by atoms with van der Waals surface area (Å²) in [6.45, 7) is 12.1. The fraction of sp³-hybridized carbons (Fsp3) is 0.368. The lowest BCUT2D eigenvalue weighted by Crippen LogP contribution is -2.23. The third kappa shape index (κ3) is 4.09. The summed E-state index contributed by atoms with van der Waals surface area (Å²) in [6.07, 6.45) is 1.67. The van der Waals surface area contributed by atoms with E-state index in [1.165, 1.54) is 11.8 Å². The Morgan fingerprint density at radius 3 is 2.74 bits per heavy atom. The molecule has 6 nitrogen and oxygen atoms in total. The fourth-order valence-electron chi connectivity index (χ4n) is 2.47. The number of allylic oxidation sites excluding steroid dienone is 1. The van der Waals surface area contributed by atoms with Gasteiger partial charge in [0.15, 0.2) is 11.0 Å². The molecule has 1 aromatic carbocycles. The Labute approximate surface area is 166 Å². The highest BCUT2D eigenvalue weighted by molar-refractivity contribution is 7.99. The number of nitrogens with zero attached hydrogens (tertiary/aromatic N) is 4. The number of thioether (sulfide) groups is 1. The van der Waals surface area contributed by atoms with Crippen molar-refractivity contribution in [3.05, 3.63) is 57.9 Å². The zero-order valence-corrected chi connectivity index (χ0v) is 17.3. The molecular formula is C19H21ClN4O2S. The van der Waals surface area contributed by atoms with Crippen LogP contribution < -0.4 is 5.56 Å². The molecule has 3 aromatic rings. The maximum absolute atomic E-state index is 12.9. The molecule has 0 aliphatic heterocycles. The Balaban J connectivity index is 2.02. The maximum atomic E-state index is 12.9. The van der Waals surface area contributed by atoms with Crippen molar-refractivity contribution in [2.24, 2.45) is 0 Å². The number of halogens is 1. The van der Waals surface area contributed by atoms with Gasteiger partial charge in [-0.3, -0.25) is 9.36 Å². The lowest BCUT2D eigenvalue weighted by atomic mass is 9.96. The molecule has 0 spiro atoms. The van der Waals surface area contributed by atoms with Crippen LogP contribution in [0.3, 0.4) is 0 Å². The zero-order chi connectivity index (χ0) is 19.8. The van der Waals surface area contributed by atoms with Crippen molar-refractivity contribution >= 4 is 34.3 Å². The van der Waals surface area contributed by atoms with Crippen molar-refractivity contribution in [1.82, 2.24) is 19.7 Å². The Hall–Kier alpha value is -2.12. The standard InChI is InChI=1S/C19H21ClN4O2S/c1-6-9-24-16(25)13-8-7-12(20)10-14(13)21-18(24)27-11(2)15-22-17(23-26-15)19(3,4)5/h6-8,10-11H,1,9H2,2-5H3. The van der Waals surface area contributed by atoms with Crippen LogP contribution in [0.4, 0.5) is 0 Å². The highest BCUT2D eigenvalue weighted by atomic mass is 35.5. The molecule has 2 heterocycles. The average molecular weight is 405 g/mol. The zero-order valence-electron chi connectivity index (χ0n) is 15.7. The van der Waals surface area contributed by atoms with E-state index in [0.717, 1.165) is 0 Å². The second-order valence-corrected chi connectivity index (χ2v) is 8.97. The second-order valence-electron chi connectivity index (χ2n) is 7.23. The van der Waals surface area contributed by atoms with Gasteiger partial charge in [0, 0.05) is 17.0 Å². The summed E-state index contributed by atoms with van der Waals surface area (Å²) in [5.74, 6) is 1.14. The molecule has 0 saturated heterocycles. The van der Waals surface area contributed by atoms with E-state index in [4.69, 9.17) is 16.1 Å². The molecule has 1 unspecified atom stereocenters. The number of benzene rings is 1. The Kier molecular flexibility index (Phi) is 5.44. The van der Waals surface area contributed by atoms with Gasteiger partial charge in [0.25, 0.3) is 5.56 Å². The molecule has 0 radical (unpaired) electrons. The third-order valence-electron chi connectivity index (χ3n) is 3.94. The molecule has 142 valence electrons. The van der Waals surface area contributed by atoms with Gasteiger partial charge in [0.2, 0.25) is 5.89 Å². The van der Waals surface area contributed by atoms with Crippen LogP contribution >= 0.6 is 23.4 Å². The first-order valence-electron chi connectivity index (χ1n) is 8.52. The van der Waals surface area contributed by atoms with Crippen LogP contribution in [-0.4, -0.2) is 19.7 Å². The summed E-state index contributed by atoms with van der Waals surface area (Å²) in [4.78, 5) is 22.0. The van der Waals surface area contributed by atoms with Crippen molar-refractivity contribution in [1.29, 1.82) is 0 Å². The van der Waals surface area contributed by atoms with Crippen LogP contribution in [0.1, 0.15) is 44.7 Å². The summed E-state index contributed by atoms with van der Waals surface area (Å²) >= 11 is 7.45. The van der Waals surface area contributed by atoms with E-state index in [1.54, 1.807) is 28.8 Å². The largest absolute Gasteiger partial charge is 0.338 e. The van der Waals surface area contributed by atoms with Crippen LogP contribution in [0.15, 0.2) is 45.3 Å². The molecule has 0 saturated carbocycles. The van der Waals surface area contributed by atoms with E-state index in [9.17, 15) is 4.79 Å². The van der Waals surface area contributed by atoms with Crippen LogP contribution in [-0.2, 0) is 12.0 Å². The van der Waals surface area contributed by atoms with Gasteiger partial charge >= 0.3 is 0 Å². The van der Waals surface area contributed by atoms with E-state index >= 15 is 0 Å². The summed E-state index contributed by atoms with van der Waals surface area (Å²) in [5.41, 5.74) is 0.227. The van der Waals surface area contributed by atoms with Gasteiger partial charge in [-0.05, 0) is 25.1 Å². The van der Waals surface area contributed by atoms with Gasteiger partial charge in [0.05, 0.1) is 16.2 Å². The number of fused-ring (bicyclic) bond motifs is 1. The van der Waals surface area contributed by atoms with Crippen LogP contribution in [0.2, 0.25) is 5.02 Å². The first-order valence-corrected chi connectivity index (χ1v) is 9.78. The quantitative estimate of drug-likeness (QED) is 0.346. The molecule has 0 aliphatic rings. The average Bonchev–Trinajstić information content (AvgIpc) is 3.08. The first-order chi connectivity index (χ1) is 12.7. The van der Waals surface area contributed by atoms with Crippen LogP contribution in [0.5, 0.6) is 0 Å². The number of rotatable bonds is 5. The summed E-state index contributed by atoms with van der Waals surface area (Å²) in [6, 6.07) is 5.07. The Morgan fingerprint density at radius 1 is 1.37 bits per heavy atom. The number of aromatic nitrogens is 4. The molecule has 0 fully saturated rings. The molecule has 27 heavy (non-hydrogen) atoms. The van der Waals surface area contributed by atoms with E-state index in [2.05, 4.69) is 21.7 Å². The number of hydrogen-bond donors (Lipinski definition) is 0. The predicted molar refractivity (Wildman–Crippen MR) is 108 cm³/mol. The molecule has 3 rings (SSSR count). The van der Waals surface area contributed by atoms with Gasteiger partial charge < -0.3 is 4.52 Å². The minimum Gasteiger partial charge on any atom is -0.338 e. The lowest BCUT2D eigenvalue weighted by Gasteiger charge is -2.14. The smallest absolute Gasteiger partial charge is 0.262 e. The minimum atomic E-state index is -0.199. The molecule has 2 aromatic heterocycles. The van der Waals surface area contributed by atoms with Crippen molar-refractivity contribution in [2.75, 3.05) is 0 Å². The van der Waals surface area contributed by atoms with Gasteiger partial charge in [0.1, 0.15) is 0 Å². The highest BCUT2D eigenvalue weighted by Gasteiger charge is 2.24. The molecule has 0 amide bonds. The SMILES string of the molecule is C=CCn1c(SC(C)c2nc(C(C)(C)C)no2)nc2cc(Cl)ccc2c1=O. The lowest BCUT2D eigenvalue weighted by molar-refractivity contribution is 0.364. The van der Waals surface area contributed by atoms with Gasteiger partial charge in [-0.15, -0.1) is 6.58 Å². The molecule has 0 bridgehead atoms. The fourth-order valence-corrected chi connectivity index (χ4v) is 3.58. The van der Waals surface area contributed by atoms with Gasteiger partial charge in [-0.1, -0.05) is 55.4 Å². The monoisotopic (exact) mass is 404 g/mol. The van der Waals surface area contributed by atoms with Crippen LogP contribution in [0.25, 0.3) is 10.9 Å². The topological polar surface area (TPSA) is 73.8 Å². The third-order valence-corrected chi connectivity index (χ3v) is 5.25. The molecule has 8 heteroatoms. The van der Waals surface area contributed by atoms with Gasteiger partial charge in [-0.2, -0.15) is 4.98 Å². The highest BCUT2D eigenvalue weighted by Crippen LogP contribution is 2.34. The Morgan fingerprint density at radius 2 is 2.11 bits per heavy atom. The van der Waals surface area contributed by atoms with E-state index in [-0.39, 0.29) is 16.2 Å². The Bertz CT molecular complexity index is 1050. The summed E-state index contributed by atoms with van der Waals surface area (Å²) in [5, 5.41) is 5.50. The van der Waals surface area contributed by atoms with Crippen molar-refractivity contribution in [3.8, 4) is 0 Å². The normalized spacial score (nSPS) is 13.1. The minimum absolute atomic E-state index is 0.132. The van der Waals surface area contributed by atoms with Crippen molar-refractivity contribution in [2.45, 2.75) is 50.1 Å². The van der Waals surface area contributed by atoms with Crippen molar-refractivity contribution < 1.29 is 4.52 Å². The van der Waals surface area contributed by atoms with E-state index in [1.807, 2.05) is 27.7 Å². The molecule has 0 N–H and O–H groups in total. The first kappa shape index (κ1) is 19.6. The van der Waals surface area contributed by atoms with Crippen LogP contribution in [0, 0.1) is 0 Å². The van der Waals surface area contributed by atoms with Crippen molar-refractivity contribution in [3.63, 3.8) is 0 Å². The predicted octanol–water partition coefficient (Wildman–Crippen LogP) is 4.77. The second kappa shape index (κ2) is 7.48. The maximum Gasteiger partial charge on any atom is 0.262 e. The van der Waals surface area contributed by atoms with E-state index < -0.39 is 0 Å². The summed E-state index contributed by atoms with van der Waals surface area (Å²) < 4.78 is 7.01. The number of hydrogen-bond acceptors (Lipinski definition) is 6. The molecule has 0 aliphatic carbocycles. The van der Waals surface area contributed by atoms with Gasteiger partial charge in [-0.25, -0.2) is 4.98 Å².